The molecular formula is C24H28O8. The molecule has 2 aliphatic carbocycles. The fraction of sp³-hybridized carbons (Fsp3) is 0.500. The first-order valence-corrected chi connectivity index (χ1v) is 10.5. The second kappa shape index (κ2) is 9.14. The normalized spacial score (nSPS) is 31.7. The molecule has 0 bridgehead atoms. The Kier molecular flexibility index (Phi) is 6.71. The Morgan fingerprint density at radius 1 is 1.16 bits per heavy atom. The lowest BCUT2D eigenvalue weighted by Gasteiger charge is -2.29. The molecule has 1 saturated heterocycles. The van der Waals surface area contributed by atoms with Crippen molar-refractivity contribution >= 4 is 23.9 Å². The average Bonchev–Trinajstić information content (AvgIpc) is 3.13. The maximum Gasteiger partial charge on any atom is 0.337 e. The van der Waals surface area contributed by atoms with E-state index in [4.69, 9.17) is 18.9 Å². The van der Waals surface area contributed by atoms with Gasteiger partial charge in [-0.3, -0.25) is 9.59 Å². The number of allylic oxidation sites excluding steroid dienone is 2. The lowest BCUT2D eigenvalue weighted by molar-refractivity contribution is -0.148. The molecule has 0 aromatic carbocycles. The molecule has 0 spiro atoms. The van der Waals surface area contributed by atoms with Crippen LogP contribution < -0.4 is 0 Å². The Bertz CT molecular complexity index is 940. The van der Waals surface area contributed by atoms with Gasteiger partial charge < -0.3 is 18.9 Å². The molecule has 8 heteroatoms. The minimum Gasteiger partial charge on any atom is -0.461 e. The van der Waals surface area contributed by atoms with Crippen molar-refractivity contribution in [2.45, 2.75) is 52.4 Å². The summed E-state index contributed by atoms with van der Waals surface area (Å²) in [7, 11) is 0. The minimum atomic E-state index is -0.802. The third kappa shape index (κ3) is 4.40. The van der Waals surface area contributed by atoms with E-state index in [0.717, 1.165) is 5.57 Å². The van der Waals surface area contributed by atoms with Gasteiger partial charge in [-0.05, 0) is 37.8 Å². The van der Waals surface area contributed by atoms with Crippen LogP contribution in [0, 0.1) is 17.8 Å². The summed E-state index contributed by atoms with van der Waals surface area (Å²) >= 11 is 0. The fourth-order valence-corrected chi connectivity index (χ4v) is 4.76. The van der Waals surface area contributed by atoms with Gasteiger partial charge in [0, 0.05) is 25.3 Å². The second-order valence-electron chi connectivity index (χ2n) is 8.34. The van der Waals surface area contributed by atoms with E-state index < -0.39 is 48.1 Å². The zero-order valence-corrected chi connectivity index (χ0v) is 18.7. The number of carbonyl (C=O) groups excluding carboxylic acids is 4. The number of hydrogen-bond donors (Lipinski definition) is 0. The number of carbonyl (C=O) groups is 4. The maximum absolute atomic E-state index is 12.8. The van der Waals surface area contributed by atoms with Crippen molar-refractivity contribution in [1.29, 1.82) is 0 Å². The second-order valence-corrected chi connectivity index (χ2v) is 8.34. The summed E-state index contributed by atoms with van der Waals surface area (Å²) in [5.41, 5.74) is 1.99. The van der Waals surface area contributed by atoms with Gasteiger partial charge in [0.25, 0.3) is 0 Å². The van der Waals surface area contributed by atoms with Crippen LogP contribution in [0.2, 0.25) is 0 Å². The monoisotopic (exact) mass is 444 g/mol. The Balaban J connectivity index is 1.91. The van der Waals surface area contributed by atoms with Gasteiger partial charge in [-0.15, -0.1) is 0 Å². The summed E-state index contributed by atoms with van der Waals surface area (Å²) < 4.78 is 21.8. The van der Waals surface area contributed by atoms with Gasteiger partial charge in [0.05, 0.1) is 11.5 Å². The molecular weight excluding hydrogens is 416 g/mol. The number of rotatable bonds is 5. The van der Waals surface area contributed by atoms with Crippen molar-refractivity contribution in [3.63, 3.8) is 0 Å². The van der Waals surface area contributed by atoms with Crippen molar-refractivity contribution in [3.8, 4) is 0 Å². The van der Waals surface area contributed by atoms with Gasteiger partial charge in [0.1, 0.15) is 24.9 Å². The fourth-order valence-electron chi connectivity index (χ4n) is 4.76. The molecule has 172 valence electrons. The summed E-state index contributed by atoms with van der Waals surface area (Å²) in [5.74, 6) is -3.13. The molecule has 1 heterocycles. The molecule has 0 radical (unpaired) electrons. The lowest BCUT2D eigenvalue weighted by atomic mass is 9.80. The van der Waals surface area contributed by atoms with Crippen molar-refractivity contribution in [2.75, 3.05) is 6.61 Å². The highest BCUT2D eigenvalue weighted by Crippen LogP contribution is 2.52. The predicted octanol–water partition coefficient (Wildman–Crippen LogP) is 2.59. The van der Waals surface area contributed by atoms with Gasteiger partial charge in [-0.1, -0.05) is 24.8 Å². The molecule has 2 fully saturated rings. The maximum atomic E-state index is 12.8. The smallest absolute Gasteiger partial charge is 0.337 e. The number of hydrogen-bond acceptors (Lipinski definition) is 8. The quantitative estimate of drug-likeness (QED) is 0.276. The molecule has 3 rings (SSSR count). The van der Waals surface area contributed by atoms with Crippen LogP contribution in [0.4, 0.5) is 0 Å². The van der Waals surface area contributed by atoms with E-state index in [1.165, 1.54) is 19.9 Å². The van der Waals surface area contributed by atoms with Crippen LogP contribution in [0.5, 0.6) is 0 Å². The summed E-state index contributed by atoms with van der Waals surface area (Å²) in [6.07, 6.45) is 1.89. The van der Waals surface area contributed by atoms with Crippen LogP contribution in [0.25, 0.3) is 0 Å². The van der Waals surface area contributed by atoms with E-state index in [0.29, 0.717) is 12.0 Å². The Morgan fingerprint density at radius 3 is 2.44 bits per heavy atom. The lowest BCUT2D eigenvalue weighted by Crippen LogP contribution is -2.36. The first-order valence-electron chi connectivity index (χ1n) is 10.5. The van der Waals surface area contributed by atoms with E-state index in [2.05, 4.69) is 13.2 Å². The van der Waals surface area contributed by atoms with Crippen molar-refractivity contribution < 1.29 is 38.1 Å². The number of esters is 4. The Hall–Kier alpha value is -3.16. The van der Waals surface area contributed by atoms with Gasteiger partial charge in [-0.2, -0.15) is 0 Å². The van der Waals surface area contributed by atoms with Crippen LogP contribution >= 0.6 is 0 Å². The minimum absolute atomic E-state index is 0.0935. The van der Waals surface area contributed by atoms with E-state index >= 15 is 0 Å². The van der Waals surface area contributed by atoms with Crippen LogP contribution in [-0.2, 0) is 38.1 Å². The third-order valence-electron chi connectivity index (χ3n) is 6.32. The van der Waals surface area contributed by atoms with Crippen molar-refractivity contribution in [2.24, 2.45) is 17.8 Å². The highest BCUT2D eigenvalue weighted by atomic mass is 16.6. The highest BCUT2D eigenvalue weighted by molar-refractivity contribution is 5.92. The molecule has 32 heavy (non-hydrogen) atoms. The van der Waals surface area contributed by atoms with Gasteiger partial charge >= 0.3 is 23.9 Å². The molecule has 0 aromatic rings. The molecule has 0 N–H and O–H groups in total. The highest BCUT2D eigenvalue weighted by Gasteiger charge is 2.56. The zero-order valence-electron chi connectivity index (χ0n) is 18.7. The Morgan fingerprint density at radius 2 is 1.84 bits per heavy atom. The van der Waals surface area contributed by atoms with Crippen LogP contribution in [0.3, 0.4) is 0 Å². The van der Waals surface area contributed by atoms with Crippen LogP contribution in [0.15, 0.2) is 47.6 Å². The summed E-state index contributed by atoms with van der Waals surface area (Å²) in [4.78, 5) is 47.8. The molecule has 8 nitrogen and oxygen atoms in total. The molecule has 6 atom stereocenters. The Labute approximate surface area is 186 Å². The summed E-state index contributed by atoms with van der Waals surface area (Å²) in [6.45, 7) is 13.9. The van der Waals surface area contributed by atoms with Gasteiger partial charge in [-0.25, -0.2) is 9.59 Å². The van der Waals surface area contributed by atoms with E-state index in [1.54, 1.807) is 13.0 Å². The van der Waals surface area contributed by atoms with Crippen molar-refractivity contribution in [3.05, 3.63) is 47.6 Å². The van der Waals surface area contributed by atoms with Gasteiger partial charge in [0.2, 0.25) is 0 Å². The van der Waals surface area contributed by atoms with E-state index in [9.17, 15) is 19.2 Å². The summed E-state index contributed by atoms with van der Waals surface area (Å²) in [6, 6.07) is 0. The molecule has 0 amide bonds. The zero-order chi connectivity index (χ0) is 23.7. The third-order valence-corrected chi connectivity index (χ3v) is 6.32. The number of ether oxygens (including phenoxy) is 4. The first-order chi connectivity index (χ1) is 15.0. The number of fused-ring (bicyclic) bond motifs is 3. The molecule has 1 aliphatic heterocycles. The van der Waals surface area contributed by atoms with Crippen LogP contribution in [0.1, 0.15) is 34.1 Å². The van der Waals surface area contributed by atoms with Crippen molar-refractivity contribution in [1.82, 2.24) is 0 Å². The molecule has 0 unspecified atom stereocenters. The van der Waals surface area contributed by atoms with E-state index in [1.807, 2.05) is 6.92 Å². The molecule has 1 saturated carbocycles. The largest absolute Gasteiger partial charge is 0.461 e. The SMILES string of the molecule is C=C1C(=O)O[C@@H]2[C@H]3C(=C)[C@@H](OC(C)=O)C[C@H]3C(C)=C[C@H](OC(=O)/C(=C\C)COC(C)=O)[C@@H]12. The van der Waals surface area contributed by atoms with E-state index in [-0.39, 0.29) is 29.6 Å². The standard InChI is InChI=1S/C24H28O8/c1-7-16(10-29-14(5)25)24(28)31-19-8-11(2)17-9-18(30-15(6)26)12(3)20(17)22-21(19)13(4)23(27)32-22/h7-8,17-22H,3-4,9-10H2,1-2,5-6H3/b16-7-/t17-,18-,19-,20-,21+,22+/m0/s1. The first kappa shape index (κ1) is 23.5. The molecule has 3 aliphatic rings. The predicted molar refractivity (Wildman–Crippen MR) is 113 cm³/mol. The summed E-state index contributed by atoms with van der Waals surface area (Å²) in [5, 5.41) is 0. The molecule has 0 aromatic heterocycles. The van der Waals surface area contributed by atoms with Crippen LogP contribution in [-0.4, -0.2) is 48.8 Å². The topological polar surface area (TPSA) is 105 Å². The average molecular weight is 444 g/mol. The van der Waals surface area contributed by atoms with Gasteiger partial charge in [0.15, 0.2) is 0 Å².